The summed E-state index contributed by atoms with van der Waals surface area (Å²) in [5, 5.41) is 9.53. The van der Waals surface area contributed by atoms with Gasteiger partial charge < -0.3 is 14.6 Å². The molecule has 0 fully saturated rings. The summed E-state index contributed by atoms with van der Waals surface area (Å²) in [5.41, 5.74) is 2.15. The van der Waals surface area contributed by atoms with E-state index in [0.29, 0.717) is 42.3 Å². The molecule has 0 bridgehead atoms. The van der Waals surface area contributed by atoms with E-state index in [-0.39, 0.29) is 17.9 Å². The Morgan fingerprint density at radius 2 is 1.77 bits per heavy atom. The largest absolute Gasteiger partial charge is 0.490 e. The summed E-state index contributed by atoms with van der Waals surface area (Å²) in [5.74, 6) is 0.00990. The number of rotatable bonds is 8. The first-order valence-electron chi connectivity index (χ1n) is 10.0. The van der Waals surface area contributed by atoms with E-state index in [0.717, 1.165) is 5.56 Å². The van der Waals surface area contributed by atoms with Crippen LogP contribution >= 0.6 is 0 Å². The number of carboxylic acid groups (broad SMARTS) is 1. The van der Waals surface area contributed by atoms with Gasteiger partial charge in [-0.1, -0.05) is 18.2 Å². The lowest BCUT2D eigenvalue weighted by atomic mass is 9.91. The summed E-state index contributed by atoms with van der Waals surface area (Å²) in [4.78, 5) is 11.9. The van der Waals surface area contributed by atoms with Crippen molar-refractivity contribution < 1.29 is 27.8 Å². The second kappa shape index (κ2) is 9.06. The van der Waals surface area contributed by atoms with E-state index in [1.54, 1.807) is 37.3 Å². The molecule has 0 aromatic heterocycles. The minimum Gasteiger partial charge on any atom is -0.490 e. The fourth-order valence-corrected chi connectivity index (χ4v) is 5.69. The van der Waals surface area contributed by atoms with Crippen molar-refractivity contribution in [3.05, 3.63) is 53.1 Å². The van der Waals surface area contributed by atoms with Crippen molar-refractivity contribution in [3.8, 4) is 11.5 Å². The lowest BCUT2D eigenvalue weighted by molar-refractivity contribution is -0.138. The number of aliphatic carboxylic acids is 1. The van der Waals surface area contributed by atoms with Crippen LogP contribution in [0, 0.1) is 6.92 Å². The second-order valence-electron chi connectivity index (χ2n) is 7.11. The zero-order chi connectivity index (χ0) is 21.9. The molecular weight excluding hydrogens is 406 g/mol. The maximum absolute atomic E-state index is 13.5. The van der Waals surface area contributed by atoms with E-state index >= 15 is 0 Å². The van der Waals surface area contributed by atoms with Crippen LogP contribution < -0.4 is 9.47 Å². The third-order valence-corrected chi connectivity index (χ3v) is 7.23. The van der Waals surface area contributed by atoms with Gasteiger partial charge in [0.2, 0.25) is 10.0 Å². The zero-order valence-electron chi connectivity index (χ0n) is 17.4. The molecule has 7 nitrogen and oxygen atoms in total. The molecule has 30 heavy (non-hydrogen) atoms. The Morgan fingerprint density at radius 3 is 2.37 bits per heavy atom. The molecule has 0 spiro atoms. The van der Waals surface area contributed by atoms with Crippen LogP contribution in [0.1, 0.15) is 43.0 Å². The Balaban J connectivity index is 2.12. The number of aryl methyl sites for hydroxylation is 1. The Bertz CT molecular complexity index is 1030. The predicted octanol–water partition coefficient (Wildman–Crippen LogP) is 3.56. The number of sulfonamides is 1. The van der Waals surface area contributed by atoms with E-state index in [4.69, 9.17) is 9.47 Å². The Kier molecular flexibility index (Phi) is 6.67. The number of ether oxygens (including phenoxy) is 2. The molecule has 8 heteroatoms. The highest BCUT2D eigenvalue weighted by atomic mass is 32.2. The van der Waals surface area contributed by atoms with Crippen LogP contribution in [0.15, 0.2) is 41.3 Å². The number of benzene rings is 2. The highest BCUT2D eigenvalue weighted by Crippen LogP contribution is 2.42. The topological polar surface area (TPSA) is 93.1 Å². The molecule has 1 atom stereocenters. The van der Waals surface area contributed by atoms with Gasteiger partial charge in [0, 0.05) is 6.54 Å². The van der Waals surface area contributed by atoms with Crippen LogP contribution in [0.5, 0.6) is 11.5 Å². The molecule has 0 aliphatic carbocycles. The molecule has 1 heterocycles. The van der Waals surface area contributed by atoms with Gasteiger partial charge in [-0.15, -0.1) is 0 Å². The summed E-state index contributed by atoms with van der Waals surface area (Å²) < 4.78 is 39.6. The van der Waals surface area contributed by atoms with Crippen molar-refractivity contribution in [2.75, 3.05) is 19.8 Å². The summed E-state index contributed by atoms with van der Waals surface area (Å²) in [6.45, 7) is 6.52. The van der Waals surface area contributed by atoms with E-state index in [1.165, 1.54) is 4.31 Å². The fraction of sp³-hybridized carbons (Fsp3) is 0.409. The number of hydrogen-bond donors (Lipinski definition) is 1. The first kappa shape index (κ1) is 22.1. The molecule has 1 aliphatic rings. The van der Waals surface area contributed by atoms with Crippen LogP contribution in [0.3, 0.4) is 0 Å². The molecule has 3 rings (SSSR count). The Morgan fingerprint density at radius 1 is 1.13 bits per heavy atom. The first-order chi connectivity index (χ1) is 14.3. The highest BCUT2D eigenvalue weighted by Gasteiger charge is 2.39. The number of hydrogen-bond acceptors (Lipinski definition) is 5. The van der Waals surface area contributed by atoms with Crippen LogP contribution in [-0.2, 0) is 21.2 Å². The van der Waals surface area contributed by atoms with Crippen molar-refractivity contribution >= 4 is 16.0 Å². The molecule has 2 aromatic rings. The average Bonchev–Trinajstić information content (AvgIpc) is 2.69. The summed E-state index contributed by atoms with van der Waals surface area (Å²) >= 11 is 0. The van der Waals surface area contributed by atoms with Crippen LogP contribution in [-0.4, -0.2) is 43.6 Å². The Hall–Kier alpha value is -2.58. The number of carbonyl (C=O) groups is 1. The van der Waals surface area contributed by atoms with Crippen molar-refractivity contribution in [2.24, 2.45) is 0 Å². The normalized spacial score (nSPS) is 16.7. The molecule has 1 aliphatic heterocycles. The second-order valence-corrected chi connectivity index (χ2v) is 8.97. The first-order valence-corrected chi connectivity index (χ1v) is 11.4. The molecular formula is C22H27NO6S. The van der Waals surface area contributed by atoms with Gasteiger partial charge in [-0.2, -0.15) is 4.31 Å². The van der Waals surface area contributed by atoms with Gasteiger partial charge in [-0.3, -0.25) is 4.79 Å². The predicted molar refractivity (Wildman–Crippen MR) is 113 cm³/mol. The van der Waals surface area contributed by atoms with Gasteiger partial charge in [0.05, 0.1) is 30.6 Å². The zero-order valence-corrected chi connectivity index (χ0v) is 18.2. The molecule has 0 unspecified atom stereocenters. The van der Waals surface area contributed by atoms with Gasteiger partial charge >= 0.3 is 5.97 Å². The number of nitrogens with zero attached hydrogens (tertiary/aromatic N) is 1. The molecule has 162 valence electrons. The van der Waals surface area contributed by atoms with Crippen LogP contribution in [0.4, 0.5) is 0 Å². The van der Waals surface area contributed by atoms with E-state index in [9.17, 15) is 18.3 Å². The van der Waals surface area contributed by atoms with Crippen molar-refractivity contribution in [2.45, 2.75) is 44.6 Å². The molecule has 0 radical (unpaired) electrons. The fourth-order valence-electron chi connectivity index (χ4n) is 3.86. The number of fused-ring (bicyclic) bond motifs is 1. The monoisotopic (exact) mass is 433 g/mol. The minimum atomic E-state index is -3.88. The maximum atomic E-state index is 13.5. The lowest BCUT2D eigenvalue weighted by Gasteiger charge is -2.36. The molecule has 0 amide bonds. The summed E-state index contributed by atoms with van der Waals surface area (Å²) in [6.07, 6.45) is 0.126. The van der Waals surface area contributed by atoms with Crippen LogP contribution in [0.25, 0.3) is 0 Å². The molecule has 0 saturated carbocycles. The highest BCUT2D eigenvalue weighted by molar-refractivity contribution is 7.89. The van der Waals surface area contributed by atoms with Gasteiger partial charge in [0.1, 0.15) is 0 Å². The maximum Gasteiger partial charge on any atom is 0.305 e. The lowest BCUT2D eigenvalue weighted by Crippen LogP contribution is -2.41. The summed E-state index contributed by atoms with van der Waals surface area (Å²) in [7, 11) is -3.88. The molecule has 1 N–H and O–H groups in total. The standard InChI is InChI=1S/C22H27NO6S/c1-4-28-19-12-16-10-11-23(30(26,27)21-9-7-6-8-15(21)3)18(14-22(24)25)17(16)13-20(19)29-5-2/h6-9,12-13,18H,4-5,10-11,14H2,1-3H3,(H,24,25)/t18-/m1/s1. The average molecular weight is 434 g/mol. The number of carboxylic acids is 1. The Labute approximate surface area is 177 Å². The van der Waals surface area contributed by atoms with E-state index in [1.807, 2.05) is 19.9 Å². The van der Waals surface area contributed by atoms with Gasteiger partial charge in [0.15, 0.2) is 11.5 Å². The smallest absolute Gasteiger partial charge is 0.305 e. The third-order valence-electron chi connectivity index (χ3n) is 5.16. The van der Waals surface area contributed by atoms with Crippen LogP contribution in [0.2, 0.25) is 0 Å². The third kappa shape index (κ3) is 4.29. The van der Waals surface area contributed by atoms with Gasteiger partial charge in [0.25, 0.3) is 0 Å². The van der Waals surface area contributed by atoms with Gasteiger partial charge in [-0.25, -0.2) is 8.42 Å². The van der Waals surface area contributed by atoms with E-state index in [2.05, 4.69) is 0 Å². The van der Waals surface area contributed by atoms with E-state index < -0.39 is 22.0 Å². The SMILES string of the molecule is CCOc1cc2c(cc1OCC)[C@@H](CC(=O)O)N(S(=O)(=O)c1ccccc1C)CC2. The molecule has 2 aromatic carbocycles. The quantitative estimate of drug-likeness (QED) is 0.684. The van der Waals surface area contributed by atoms with Gasteiger partial charge in [-0.05, 0) is 62.1 Å². The molecule has 0 saturated heterocycles. The summed E-state index contributed by atoms with van der Waals surface area (Å²) in [6, 6.07) is 9.49. The van der Waals surface area contributed by atoms with Crippen molar-refractivity contribution in [1.82, 2.24) is 4.31 Å². The van der Waals surface area contributed by atoms with Crippen molar-refractivity contribution in [1.29, 1.82) is 0 Å². The van der Waals surface area contributed by atoms with Crippen molar-refractivity contribution in [3.63, 3.8) is 0 Å². The minimum absolute atomic E-state index is 0.194.